The third-order valence-electron chi connectivity index (χ3n) is 5.96. The molecule has 3 rings (SSSR count). The lowest BCUT2D eigenvalue weighted by atomic mass is 10.1. The zero-order valence-electron chi connectivity index (χ0n) is 22.6. The van der Waals surface area contributed by atoms with Crippen molar-refractivity contribution < 1.29 is 19.0 Å². The van der Waals surface area contributed by atoms with Crippen LogP contribution in [0.3, 0.4) is 0 Å². The van der Waals surface area contributed by atoms with Crippen LogP contribution in [0.25, 0.3) is 22.4 Å². The molecular weight excluding hydrogens is 456 g/mol. The second-order valence-corrected chi connectivity index (χ2v) is 9.84. The van der Waals surface area contributed by atoms with Gasteiger partial charge >= 0.3 is 0 Å². The molecule has 0 radical (unpaired) electrons. The van der Waals surface area contributed by atoms with Crippen LogP contribution in [0.15, 0.2) is 30.3 Å². The molecule has 0 bridgehead atoms. The van der Waals surface area contributed by atoms with Gasteiger partial charge in [0, 0.05) is 30.8 Å². The molecule has 8 heteroatoms. The predicted octanol–water partition coefficient (Wildman–Crippen LogP) is 4.83. The Morgan fingerprint density at radius 1 is 0.972 bits per heavy atom. The number of amides is 1. The molecule has 8 nitrogen and oxygen atoms in total. The number of benzene rings is 2. The fourth-order valence-electron chi connectivity index (χ4n) is 4.47. The Kier molecular flexibility index (Phi) is 9.20. The third kappa shape index (κ3) is 5.93. The smallest absolute Gasteiger partial charge is 0.253 e. The largest absolute Gasteiger partial charge is 0.493 e. The van der Waals surface area contributed by atoms with E-state index in [0.717, 1.165) is 41.9 Å². The van der Waals surface area contributed by atoms with Crippen molar-refractivity contribution in [2.75, 3.05) is 41.0 Å². The van der Waals surface area contributed by atoms with Gasteiger partial charge in [0.25, 0.3) is 5.91 Å². The van der Waals surface area contributed by atoms with Crippen LogP contribution in [0.2, 0.25) is 0 Å². The van der Waals surface area contributed by atoms with Crippen LogP contribution >= 0.6 is 0 Å². The van der Waals surface area contributed by atoms with Crippen LogP contribution in [0.1, 0.15) is 44.5 Å². The fraction of sp³-hybridized carbons (Fsp3) is 0.500. The number of carbonyl (C=O) groups is 1. The first-order valence-corrected chi connectivity index (χ1v) is 12.5. The highest BCUT2D eigenvalue weighted by molar-refractivity contribution is 5.98. The second kappa shape index (κ2) is 12.1. The summed E-state index contributed by atoms with van der Waals surface area (Å²) < 4.78 is 18.7. The van der Waals surface area contributed by atoms with Crippen molar-refractivity contribution in [2.24, 2.45) is 17.6 Å². The van der Waals surface area contributed by atoms with Gasteiger partial charge in [0.15, 0.2) is 11.5 Å². The average molecular weight is 497 g/mol. The first-order chi connectivity index (χ1) is 17.2. The highest BCUT2D eigenvalue weighted by Gasteiger charge is 2.22. The van der Waals surface area contributed by atoms with Crippen molar-refractivity contribution in [3.05, 3.63) is 35.9 Å². The zero-order chi connectivity index (χ0) is 26.4. The molecule has 196 valence electrons. The minimum absolute atomic E-state index is 0.0419. The van der Waals surface area contributed by atoms with E-state index in [4.69, 9.17) is 24.9 Å². The summed E-state index contributed by atoms with van der Waals surface area (Å²) in [7, 11) is 4.77. The average Bonchev–Trinajstić information content (AvgIpc) is 3.22. The molecule has 1 amide bonds. The van der Waals surface area contributed by atoms with E-state index in [1.165, 1.54) is 0 Å². The molecule has 0 unspecified atom stereocenters. The summed E-state index contributed by atoms with van der Waals surface area (Å²) in [6.07, 6.45) is 0.772. The number of nitrogens with zero attached hydrogens (tertiary/aromatic N) is 3. The molecule has 1 aromatic heterocycles. The van der Waals surface area contributed by atoms with Crippen molar-refractivity contribution in [2.45, 2.75) is 40.7 Å². The number of nitrogens with two attached hydrogens (primary N) is 1. The number of carbonyl (C=O) groups excluding carboxylic acids is 1. The van der Waals surface area contributed by atoms with Crippen LogP contribution in [0.5, 0.6) is 17.2 Å². The maximum absolute atomic E-state index is 13.5. The van der Waals surface area contributed by atoms with Gasteiger partial charge in [-0.05, 0) is 55.1 Å². The number of methoxy groups -OCH3 is 3. The van der Waals surface area contributed by atoms with E-state index in [0.29, 0.717) is 47.7 Å². The Morgan fingerprint density at radius 2 is 1.58 bits per heavy atom. The van der Waals surface area contributed by atoms with Gasteiger partial charge in [0.05, 0.1) is 32.4 Å². The number of hydrogen-bond acceptors (Lipinski definition) is 6. The molecular formula is C28H40N4O4. The van der Waals surface area contributed by atoms with Crippen LogP contribution in [0.4, 0.5) is 0 Å². The van der Waals surface area contributed by atoms with E-state index in [1.807, 2.05) is 35.2 Å². The van der Waals surface area contributed by atoms with Crippen molar-refractivity contribution >= 4 is 16.9 Å². The van der Waals surface area contributed by atoms with Crippen molar-refractivity contribution in [3.63, 3.8) is 0 Å². The van der Waals surface area contributed by atoms with Crippen molar-refractivity contribution in [1.29, 1.82) is 0 Å². The molecule has 2 aromatic carbocycles. The van der Waals surface area contributed by atoms with Crippen LogP contribution in [0, 0.1) is 11.8 Å². The van der Waals surface area contributed by atoms with Gasteiger partial charge in [-0.15, -0.1) is 0 Å². The highest BCUT2D eigenvalue weighted by atomic mass is 16.5. The molecule has 3 aromatic rings. The van der Waals surface area contributed by atoms with E-state index in [1.54, 1.807) is 21.3 Å². The van der Waals surface area contributed by atoms with E-state index < -0.39 is 0 Å². The molecule has 36 heavy (non-hydrogen) atoms. The number of imidazole rings is 1. The number of aryl methyl sites for hydroxylation is 1. The van der Waals surface area contributed by atoms with Gasteiger partial charge in [0.2, 0.25) is 5.75 Å². The summed E-state index contributed by atoms with van der Waals surface area (Å²) in [5, 5.41) is 0. The summed E-state index contributed by atoms with van der Waals surface area (Å²) >= 11 is 0. The monoisotopic (exact) mass is 496 g/mol. The standard InChI is InChI=1S/C28H40N4O4/c1-18(2)16-31(17-19(3)4)28(33)20-9-10-22-23(13-20)32(12-8-11-29)27(30-22)21-14-24(34-5)26(36-7)25(15-21)35-6/h9-10,13-15,18-19H,8,11-12,16-17,29H2,1-7H3. The Balaban J connectivity index is 2.15. The third-order valence-corrected chi connectivity index (χ3v) is 5.96. The van der Waals surface area contributed by atoms with Crippen LogP contribution < -0.4 is 19.9 Å². The van der Waals surface area contributed by atoms with Gasteiger partial charge in [-0.1, -0.05) is 27.7 Å². The summed E-state index contributed by atoms with van der Waals surface area (Å²) in [4.78, 5) is 20.4. The molecule has 0 aliphatic rings. The molecule has 0 fully saturated rings. The van der Waals surface area contributed by atoms with Crippen molar-refractivity contribution in [1.82, 2.24) is 14.5 Å². The Labute approximate surface area is 214 Å². The molecule has 0 saturated carbocycles. The minimum atomic E-state index is 0.0419. The topological polar surface area (TPSA) is 91.8 Å². The lowest BCUT2D eigenvalue weighted by Gasteiger charge is -2.26. The van der Waals surface area contributed by atoms with Gasteiger partial charge in [-0.25, -0.2) is 4.98 Å². The maximum atomic E-state index is 13.5. The lowest BCUT2D eigenvalue weighted by molar-refractivity contribution is 0.0715. The van der Waals surface area contributed by atoms with E-state index >= 15 is 0 Å². The van der Waals surface area contributed by atoms with Gasteiger partial charge in [-0.2, -0.15) is 0 Å². The SMILES string of the molecule is COc1cc(-c2nc3ccc(C(=O)N(CC(C)C)CC(C)C)cc3n2CCCN)cc(OC)c1OC. The second-order valence-electron chi connectivity index (χ2n) is 9.84. The molecule has 0 spiro atoms. The maximum Gasteiger partial charge on any atom is 0.253 e. The number of aromatic nitrogens is 2. The zero-order valence-corrected chi connectivity index (χ0v) is 22.6. The predicted molar refractivity (Wildman–Crippen MR) is 144 cm³/mol. The first-order valence-electron chi connectivity index (χ1n) is 12.5. The van der Waals surface area contributed by atoms with Crippen LogP contribution in [-0.2, 0) is 6.54 Å². The number of rotatable bonds is 12. The summed E-state index contributed by atoms with van der Waals surface area (Å²) in [5.41, 5.74) is 9.06. The number of fused-ring (bicyclic) bond motifs is 1. The van der Waals surface area contributed by atoms with E-state index in [9.17, 15) is 4.79 Å². The lowest BCUT2D eigenvalue weighted by Crippen LogP contribution is -2.37. The molecule has 0 aliphatic heterocycles. The van der Waals surface area contributed by atoms with Gasteiger partial charge in [-0.3, -0.25) is 4.79 Å². The number of hydrogen-bond donors (Lipinski definition) is 1. The normalized spacial score (nSPS) is 11.4. The Morgan fingerprint density at radius 3 is 2.08 bits per heavy atom. The van der Waals surface area contributed by atoms with Gasteiger partial charge < -0.3 is 29.4 Å². The molecule has 0 aliphatic carbocycles. The fourth-order valence-corrected chi connectivity index (χ4v) is 4.47. The Bertz CT molecular complexity index is 1150. The van der Waals surface area contributed by atoms with Gasteiger partial charge in [0.1, 0.15) is 5.82 Å². The molecule has 0 atom stereocenters. The molecule has 0 saturated heterocycles. The quantitative estimate of drug-likeness (QED) is 0.386. The summed E-state index contributed by atoms with van der Waals surface area (Å²) in [6.45, 7) is 11.2. The van der Waals surface area contributed by atoms with E-state index in [-0.39, 0.29) is 5.91 Å². The van der Waals surface area contributed by atoms with Crippen molar-refractivity contribution in [3.8, 4) is 28.6 Å². The van der Waals surface area contributed by atoms with Crippen LogP contribution in [-0.4, -0.2) is 61.3 Å². The molecule has 2 N–H and O–H groups in total. The highest BCUT2D eigenvalue weighted by Crippen LogP contribution is 2.41. The number of ether oxygens (including phenoxy) is 3. The molecule has 1 heterocycles. The minimum Gasteiger partial charge on any atom is -0.493 e. The summed E-state index contributed by atoms with van der Waals surface area (Å²) in [5.74, 6) is 3.20. The summed E-state index contributed by atoms with van der Waals surface area (Å²) in [6, 6.07) is 9.53. The van der Waals surface area contributed by atoms with E-state index in [2.05, 4.69) is 32.3 Å². The first kappa shape index (κ1) is 27.3. The Hall–Kier alpha value is -3.26.